The van der Waals surface area contributed by atoms with Gasteiger partial charge in [0, 0.05) is 12.3 Å². The smallest absolute Gasteiger partial charge is 0.307 e. The molecule has 1 fully saturated rings. The van der Waals surface area contributed by atoms with Gasteiger partial charge in [0.1, 0.15) is 0 Å². The maximum absolute atomic E-state index is 11.3. The van der Waals surface area contributed by atoms with Crippen LogP contribution in [0, 0.1) is 11.8 Å². The molecule has 0 radical (unpaired) electrons. The first-order valence-corrected chi connectivity index (χ1v) is 6.90. The van der Waals surface area contributed by atoms with Crippen molar-refractivity contribution in [1.82, 2.24) is 5.32 Å². The summed E-state index contributed by atoms with van der Waals surface area (Å²) in [6.07, 6.45) is 0.349. The molecule has 0 aromatic heterocycles. The number of carbonyl (C=O) groups excluding carboxylic acids is 1. The van der Waals surface area contributed by atoms with E-state index >= 15 is 0 Å². The van der Waals surface area contributed by atoms with Crippen LogP contribution in [-0.4, -0.2) is 43.5 Å². The topological polar surface area (TPSA) is 101 Å². The summed E-state index contributed by atoms with van der Waals surface area (Å²) >= 11 is 0. The SMILES string of the molecule is CCS(=O)(=O)CCNC(=O)[C@@H]1C[C@@H]1C(=O)O. The zero-order valence-corrected chi connectivity index (χ0v) is 9.79. The van der Waals surface area contributed by atoms with Gasteiger partial charge in [-0.2, -0.15) is 0 Å². The van der Waals surface area contributed by atoms with Crippen molar-refractivity contribution in [3.63, 3.8) is 0 Å². The Labute approximate surface area is 93.9 Å². The van der Waals surface area contributed by atoms with Crippen LogP contribution in [0.4, 0.5) is 0 Å². The number of aliphatic carboxylic acids is 1. The minimum atomic E-state index is -3.08. The lowest BCUT2D eigenvalue weighted by Crippen LogP contribution is -2.31. The van der Waals surface area contributed by atoms with Crippen LogP contribution < -0.4 is 5.32 Å². The third-order valence-corrected chi connectivity index (χ3v) is 4.30. The largest absolute Gasteiger partial charge is 0.481 e. The predicted octanol–water partition coefficient (Wildman–Crippen LogP) is -0.742. The summed E-state index contributed by atoms with van der Waals surface area (Å²) in [4.78, 5) is 21.8. The minimum Gasteiger partial charge on any atom is -0.481 e. The number of carboxylic acids is 1. The van der Waals surface area contributed by atoms with Gasteiger partial charge in [-0.05, 0) is 6.42 Å². The van der Waals surface area contributed by atoms with E-state index < -0.39 is 27.6 Å². The third kappa shape index (κ3) is 3.48. The highest BCUT2D eigenvalue weighted by Gasteiger charge is 2.48. The normalized spacial score (nSPS) is 23.8. The minimum absolute atomic E-state index is 0.0457. The maximum Gasteiger partial charge on any atom is 0.307 e. The molecule has 6 nitrogen and oxygen atoms in total. The summed E-state index contributed by atoms with van der Waals surface area (Å²) in [6, 6.07) is 0. The van der Waals surface area contributed by atoms with Gasteiger partial charge < -0.3 is 10.4 Å². The fourth-order valence-corrected chi connectivity index (χ4v) is 2.06. The lowest BCUT2D eigenvalue weighted by molar-refractivity contribution is -0.140. The van der Waals surface area contributed by atoms with Gasteiger partial charge in [-0.25, -0.2) is 8.42 Å². The molecular weight excluding hydrogens is 234 g/mol. The molecule has 0 spiro atoms. The van der Waals surface area contributed by atoms with E-state index in [1.165, 1.54) is 0 Å². The second-order valence-electron chi connectivity index (χ2n) is 3.81. The summed E-state index contributed by atoms with van der Waals surface area (Å²) in [7, 11) is -3.08. The van der Waals surface area contributed by atoms with Crippen molar-refractivity contribution < 1.29 is 23.1 Å². The van der Waals surface area contributed by atoms with E-state index in [0.29, 0.717) is 6.42 Å². The van der Waals surface area contributed by atoms with Crippen molar-refractivity contribution in [3.05, 3.63) is 0 Å². The van der Waals surface area contributed by atoms with Gasteiger partial charge in [0.15, 0.2) is 9.84 Å². The molecular formula is C9H15NO5S. The molecule has 1 aliphatic rings. The number of hydrogen-bond donors (Lipinski definition) is 2. The van der Waals surface area contributed by atoms with Crippen LogP contribution in [0.3, 0.4) is 0 Å². The van der Waals surface area contributed by atoms with Gasteiger partial charge in [-0.15, -0.1) is 0 Å². The maximum atomic E-state index is 11.3. The molecule has 92 valence electrons. The molecule has 2 N–H and O–H groups in total. The number of carboxylic acid groups (broad SMARTS) is 1. The van der Waals surface area contributed by atoms with Gasteiger partial charge >= 0.3 is 5.97 Å². The molecule has 2 atom stereocenters. The molecule has 1 rings (SSSR count). The number of hydrogen-bond acceptors (Lipinski definition) is 4. The van der Waals surface area contributed by atoms with Gasteiger partial charge in [-0.3, -0.25) is 9.59 Å². The molecule has 1 aliphatic carbocycles. The van der Waals surface area contributed by atoms with Gasteiger partial charge in [0.2, 0.25) is 5.91 Å². The Morgan fingerprint density at radius 2 is 2.00 bits per heavy atom. The Morgan fingerprint density at radius 1 is 1.38 bits per heavy atom. The summed E-state index contributed by atoms with van der Waals surface area (Å²) in [5.74, 6) is -2.46. The predicted molar refractivity (Wildman–Crippen MR) is 56.6 cm³/mol. The molecule has 16 heavy (non-hydrogen) atoms. The first-order valence-electron chi connectivity index (χ1n) is 5.08. The van der Waals surface area contributed by atoms with E-state index in [9.17, 15) is 18.0 Å². The van der Waals surface area contributed by atoms with Crippen LogP contribution in [0.1, 0.15) is 13.3 Å². The molecule has 0 unspecified atom stereocenters. The van der Waals surface area contributed by atoms with Crippen molar-refractivity contribution in [3.8, 4) is 0 Å². The van der Waals surface area contributed by atoms with Crippen molar-refractivity contribution >= 4 is 21.7 Å². The van der Waals surface area contributed by atoms with Crippen molar-refractivity contribution in [2.75, 3.05) is 18.1 Å². The number of nitrogens with one attached hydrogen (secondary N) is 1. The highest BCUT2D eigenvalue weighted by molar-refractivity contribution is 7.91. The first-order chi connectivity index (χ1) is 7.37. The van der Waals surface area contributed by atoms with Crippen LogP contribution in [0.5, 0.6) is 0 Å². The number of sulfone groups is 1. The highest BCUT2D eigenvalue weighted by Crippen LogP contribution is 2.38. The summed E-state index contributed by atoms with van der Waals surface area (Å²) in [5.41, 5.74) is 0. The molecule has 7 heteroatoms. The van der Waals surface area contributed by atoms with Gasteiger partial charge in [0.25, 0.3) is 0 Å². The Morgan fingerprint density at radius 3 is 2.44 bits per heavy atom. The Kier molecular flexibility index (Phi) is 3.90. The zero-order valence-electron chi connectivity index (χ0n) is 8.97. The van der Waals surface area contributed by atoms with Crippen LogP contribution >= 0.6 is 0 Å². The quantitative estimate of drug-likeness (QED) is 0.645. The standard InChI is InChI=1S/C9H15NO5S/c1-2-16(14,15)4-3-10-8(11)6-5-7(6)9(12)13/h6-7H,2-5H2,1H3,(H,10,11)(H,12,13)/t6-,7+/m1/s1. The fourth-order valence-electron chi connectivity index (χ4n) is 1.36. The van der Waals surface area contributed by atoms with E-state index in [2.05, 4.69) is 5.32 Å². The molecule has 0 aromatic rings. The van der Waals surface area contributed by atoms with E-state index in [1.807, 2.05) is 0 Å². The molecule has 0 aliphatic heterocycles. The van der Waals surface area contributed by atoms with Gasteiger partial charge in [0.05, 0.1) is 17.6 Å². The second-order valence-corrected chi connectivity index (χ2v) is 6.29. The Bertz CT molecular complexity index is 389. The average Bonchev–Trinajstić information content (AvgIpc) is 2.96. The van der Waals surface area contributed by atoms with E-state index in [1.54, 1.807) is 6.92 Å². The number of carbonyl (C=O) groups is 2. The van der Waals surface area contributed by atoms with E-state index in [4.69, 9.17) is 5.11 Å². The van der Waals surface area contributed by atoms with Gasteiger partial charge in [-0.1, -0.05) is 6.92 Å². The van der Waals surface area contributed by atoms with Crippen molar-refractivity contribution in [2.45, 2.75) is 13.3 Å². The lowest BCUT2D eigenvalue weighted by atomic mass is 10.3. The van der Waals surface area contributed by atoms with E-state index in [0.717, 1.165) is 0 Å². The van der Waals surface area contributed by atoms with Crippen LogP contribution in [-0.2, 0) is 19.4 Å². The molecule has 0 bridgehead atoms. The monoisotopic (exact) mass is 249 g/mol. The van der Waals surface area contributed by atoms with Crippen LogP contribution in [0.2, 0.25) is 0 Å². The average molecular weight is 249 g/mol. The second kappa shape index (κ2) is 4.82. The van der Waals surface area contributed by atoms with Crippen molar-refractivity contribution in [1.29, 1.82) is 0 Å². The lowest BCUT2D eigenvalue weighted by Gasteiger charge is -2.04. The van der Waals surface area contributed by atoms with Crippen LogP contribution in [0.15, 0.2) is 0 Å². The zero-order chi connectivity index (χ0) is 12.3. The molecule has 1 saturated carbocycles. The molecule has 1 amide bonds. The number of amides is 1. The molecule has 0 aromatic carbocycles. The number of rotatable bonds is 6. The van der Waals surface area contributed by atoms with E-state index in [-0.39, 0.29) is 24.0 Å². The van der Waals surface area contributed by atoms with Crippen LogP contribution in [0.25, 0.3) is 0 Å². The summed E-state index contributed by atoms with van der Waals surface area (Å²) in [6.45, 7) is 1.59. The highest BCUT2D eigenvalue weighted by atomic mass is 32.2. The van der Waals surface area contributed by atoms with Crippen molar-refractivity contribution in [2.24, 2.45) is 11.8 Å². The Balaban J connectivity index is 2.25. The third-order valence-electron chi connectivity index (χ3n) is 2.60. The summed E-state index contributed by atoms with van der Waals surface area (Å²) in [5, 5.41) is 11.0. The molecule has 0 heterocycles. The Hall–Kier alpha value is -1.11. The first kappa shape index (κ1) is 13.0. The fraction of sp³-hybridized carbons (Fsp3) is 0.778. The summed E-state index contributed by atoms with van der Waals surface area (Å²) < 4.78 is 22.2. The molecule has 0 saturated heterocycles.